The van der Waals surface area contributed by atoms with Gasteiger partial charge in [0.2, 0.25) is 0 Å². The summed E-state index contributed by atoms with van der Waals surface area (Å²) in [4.78, 5) is 0.242. The van der Waals surface area contributed by atoms with Crippen molar-refractivity contribution in [3.63, 3.8) is 0 Å². The standard InChI is InChI=1S/C25H23ClN2O3S/c1-31-19-5-2-4-16(14-19)25-22-7-3-6-21(22)23-15-20(12-13-24(23)27-25)32(29,30)28-18-10-8-17(26)9-11-18/h2-6,8-15,21-22,25,27-28H,7H2,1H3/t21-,22+,25+/m0/s1. The first kappa shape index (κ1) is 20.9. The fourth-order valence-corrected chi connectivity index (χ4v) is 5.86. The Balaban J connectivity index is 1.48. The zero-order chi connectivity index (χ0) is 22.3. The average Bonchev–Trinajstić information content (AvgIpc) is 3.30. The van der Waals surface area contributed by atoms with Crippen LogP contribution in [-0.4, -0.2) is 15.5 Å². The molecular weight excluding hydrogens is 444 g/mol. The fourth-order valence-electron chi connectivity index (χ4n) is 4.64. The molecule has 0 saturated carbocycles. The first-order valence-corrected chi connectivity index (χ1v) is 12.3. The van der Waals surface area contributed by atoms with E-state index in [0.29, 0.717) is 16.6 Å². The number of benzene rings is 3. The number of rotatable bonds is 5. The van der Waals surface area contributed by atoms with Gasteiger partial charge in [0.05, 0.1) is 18.0 Å². The lowest BCUT2D eigenvalue weighted by Gasteiger charge is -2.37. The number of methoxy groups -OCH3 is 1. The van der Waals surface area contributed by atoms with Crippen molar-refractivity contribution in [3.8, 4) is 5.75 Å². The summed E-state index contributed by atoms with van der Waals surface area (Å²) >= 11 is 5.91. The quantitative estimate of drug-likeness (QED) is 0.454. The first-order chi connectivity index (χ1) is 15.4. The van der Waals surface area contributed by atoms with Gasteiger partial charge < -0.3 is 10.1 Å². The van der Waals surface area contributed by atoms with Gasteiger partial charge in [-0.2, -0.15) is 0 Å². The molecule has 164 valence electrons. The van der Waals surface area contributed by atoms with E-state index in [-0.39, 0.29) is 16.9 Å². The van der Waals surface area contributed by atoms with Gasteiger partial charge in [-0.1, -0.05) is 35.9 Å². The minimum Gasteiger partial charge on any atom is -0.497 e. The van der Waals surface area contributed by atoms with Crippen LogP contribution < -0.4 is 14.8 Å². The number of fused-ring (bicyclic) bond motifs is 3. The van der Waals surface area contributed by atoms with Crippen LogP contribution in [0.4, 0.5) is 11.4 Å². The van der Waals surface area contributed by atoms with Crippen LogP contribution in [0.25, 0.3) is 0 Å². The zero-order valence-electron chi connectivity index (χ0n) is 17.5. The molecule has 0 aromatic heterocycles. The van der Waals surface area contributed by atoms with Crippen LogP contribution in [0.5, 0.6) is 5.75 Å². The molecule has 0 amide bonds. The van der Waals surface area contributed by atoms with E-state index in [2.05, 4.69) is 34.3 Å². The number of halogens is 1. The average molecular weight is 467 g/mol. The van der Waals surface area contributed by atoms with Crippen molar-refractivity contribution in [2.45, 2.75) is 23.3 Å². The molecule has 0 radical (unpaired) electrons. The first-order valence-electron chi connectivity index (χ1n) is 10.4. The van der Waals surface area contributed by atoms with Crippen LogP contribution in [0.2, 0.25) is 5.02 Å². The second-order valence-electron chi connectivity index (χ2n) is 8.11. The van der Waals surface area contributed by atoms with Gasteiger partial charge in [0, 0.05) is 22.3 Å². The Labute approximate surface area is 193 Å². The predicted molar refractivity (Wildman–Crippen MR) is 128 cm³/mol. The Kier molecular flexibility index (Phi) is 5.35. The molecule has 1 heterocycles. The molecule has 3 atom stereocenters. The topological polar surface area (TPSA) is 67.4 Å². The maximum atomic E-state index is 13.0. The highest BCUT2D eigenvalue weighted by Gasteiger charge is 2.38. The second kappa shape index (κ2) is 8.19. The van der Waals surface area contributed by atoms with Gasteiger partial charge in [0.1, 0.15) is 5.75 Å². The number of nitrogens with one attached hydrogen (secondary N) is 2. The molecule has 1 aliphatic heterocycles. The summed E-state index contributed by atoms with van der Waals surface area (Å²) in [5.41, 5.74) is 3.59. The Morgan fingerprint density at radius 3 is 2.66 bits per heavy atom. The lowest BCUT2D eigenvalue weighted by molar-refractivity contribution is 0.406. The van der Waals surface area contributed by atoms with E-state index in [0.717, 1.165) is 29.0 Å². The summed E-state index contributed by atoms with van der Waals surface area (Å²) in [6.07, 6.45) is 5.31. The third kappa shape index (κ3) is 3.85. The summed E-state index contributed by atoms with van der Waals surface area (Å²) in [7, 11) is -2.06. The van der Waals surface area contributed by atoms with Crippen molar-refractivity contribution in [1.82, 2.24) is 0 Å². The summed E-state index contributed by atoms with van der Waals surface area (Å²) < 4.78 is 34.1. The molecule has 0 bridgehead atoms. The number of sulfonamides is 1. The number of hydrogen-bond donors (Lipinski definition) is 2. The van der Waals surface area contributed by atoms with Gasteiger partial charge in [0.25, 0.3) is 10.0 Å². The van der Waals surface area contributed by atoms with E-state index in [4.69, 9.17) is 16.3 Å². The van der Waals surface area contributed by atoms with Crippen molar-refractivity contribution in [1.29, 1.82) is 0 Å². The lowest BCUT2D eigenvalue weighted by atomic mass is 9.77. The van der Waals surface area contributed by atoms with Gasteiger partial charge in [-0.05, 0) is 78.1 Å². The molecule has 5 rings (SSSR count). The van der Waals surface area contributed by atoms with Crippen LogP contribution in [0.1, 0.15) is 29.5 Å². The highest BCUT2D eigenvalue weighted by atomic mass is 35.5. The van der Waals surface area contributed by atoms with E-state index in [1.807, 2.05) is 18.2 Å². The summed E-state index contributed by atoms with van der Waals surface area (Å²) in [6.45, 7) is 0. The number of anilines is 2. The van der Waals surface area contributed by atoms with Gasteiger partial charge in [-0.3, -0.25) is 4.72 Å². The predicted octanol–water partition coefficient (Wildman–Crippen LogP) is 5.98. The molecule has 32 heavy (non-hydrogen) atoms. The van der Waals surface area contributed by atoms with Gasteiger partial charge in [-0.25, -0.2) is 8.42 Å². The molecule has 0 unspecified atom stereocenters. The molecule has 0 spiro atoms. The minimum absolute atomic E-state index is 0.118. The van der Waals surface area contributed by atoms with Crippen LogP contribution >= 0.6 is 11.6 Å². The molecule has 7 heteroatoms. The molecule has 2 N–H and O–H groups in total. The van der Waals surface area contributed by atoms with Crippen molar-refractivity contribution < 1.29 is 13.2 Å². The summed E-state index contributed by atoms with van der Waals surface area (Å²) in [5.74, 6) is 1.28. The minimum atomic E-state index is -3.72. The SMILES string of the molecule is COc1cccc([C@H]2Nc3ccc(S(=O)(=O)Nc4ccc(Cl)cc4)cc3[C@H]3C=CC[C@H]32)c1. The van der Waals surface area contributed by atoms with Crippen LogP contribution in [0.3, 0.4) is 0 Å². The third-order valence-electron chi connectivity index (χ3n) is 6.19. The van der Waals surface area contributed by atoms with Gasteiger partial charge in [-0.15, -0.1) is 0 Å². The van der Waals surface area contributed by atoms with E-state index in [1.54, 1.807) is 43.5 Å². The molecule has 2 aliphatic rings. The van der Waals surface area contributed by atoms with Crippen molar-refractivity contribution >= 4 is 33.0 Å². The van der Waals surface area contributed by atoms with Gasteiger partial charge in [0.15, 0.2) is 0 Å². The van der Waals surface area contributed by atoms with E-state index < -0.39 is 10.0 Å². The fraction of sp³-hybridized carbons (Fsp3) is 0.200. The second-order valence-corrected chi connectivity index (χ2v) is 10.2. The Bertz CT molecular complexity index is 1290. The number of ether oxygens (including phenoxy) is 1. The van der Waals surface area contributed by atoms with E-state index >= 15 is 0 Å². The van der Waals surface area contributed by atoms with E-state index in [1.165, 1.54) is 0 Å². The largest absolute Gasteiger partial charge is 0.497 e. The number of allylic oxidation sites excluding steroid dienone is 2. The third-order valence-corrected chi connectivity index (χ3v) is 7.82. The Hall–Kier alpha value is -2.96. The van der Waals surface area contributed by atoms with Crippen LogP contribution in [0.15, 0.2) is 83.8 Å². The zero-order valence-corrected chi connectivity index (χ0v) is 19.0. The summed E-state index contributed by atoms with van der Waals surface area (Å²) in [5, 5.41) is 4.20. The lowest BCUT2D eigenvalue weighted by Crippen LogP contribution is -2.29. The number of hydrogen-bond acceptors (Lipinski definition) is 4. The van der Waals surface area contributed by atoms with Gasteiger partial charge >= 0.3 is 0 Å². The monoisotopic (exact) mass is 466 g/mol. The molecule has 0 fully saturated rings. The molecule has 5 nitrogen and oxygen atoms in total. The normalized spacial score (nSPS) is 21.4. The van der Waals surface area contributed by atoms with Crippen molar-refractivity contribution in [2.24, 2.45) is 5.92 Å². The smallest absolute Gasteiger partial charge is 0.261 e. The molecule has 3 aromatic carbocycles. The highest BCUT2D eigenvalue weighted by Crippen LogP contribution is 2.50. The Morgan fingerprint density at radius 1 is 1.06 bits per heavy atom. The van der Waals surface area contributed by atoms with Crippen LogP contribution in [0, 0.1) is 5.92 Å². The van der Waals surface area contributed by atoms with Crippen molar-refractivity contribution in [2.75, 3.05) is 17.1 Å². The Morgan fingerprint density at radius 2 is 1.88 bits per heavy atom. The summed E-state index contributed by atoms with van der Waals surface area (Å²) in [6, 6.07) is 20.1. The molecule has 1 aliphatic carbocycles. The highest BCUT2D eigenvalue weighted by molar-refractivity contribution is 7.92. The molecule has 3 aromatic rings. The van der Waals surface area contributed by atoms with E-state index in [9.17, 15) is 8.42 Å². The maximum absolute atomic E-state index is 13.0. The van der Waals surface area contributed by atoms with Crippen molar-refractivity contribution in [3.05, 3.63) is 95.0 Å². The maximum Gasteiger partial charge on any atom is 0.261 e. The molecule has 0 saturated heterocycles. The molecular formula is C25H23ClN2O3S. The van der Waals surface area contributed by atoms with Crippen LogP contribution in [-0.2, 0) is 10.0 Å².